The Morgan fingerprint density at radius 1 is 1.23 bits per heavy atom. The number of aromatic nitrogens is 1. The van der Waals surface area contributed by atoms with Gasteiger partial charge in [-0.2, -0.15) is 0 Å². The maximum atomic E-state index is 13.3. The smallest absolute Gasteiger partial charge is 0.236 e. The second-order valence-electron chi connectivity index (χ2n) is 5.86. The number of hydrogen-bond acceptors (Lipinski definition) is 1. The van der Waals surface area contributed by atoms with Crippen LogP contribution in [0.4, 0.5) is 8.78 Å². The molecule has 0 bridgehead atoms. The van der Waals surface area contributed by atoms with Crippen molar-refractivity contribution in [3.05, 3.63) is 38.4 Å². The van der Waals surface area contributed by atoms with Crippen molar-refractivity contribution in [3.63, 3.8) is 0 Å². The number of rotatable bonds is 2. The van der Waals surface area contributed by atoms with Gasteiger partial charge in [-0.15, -0.1) is 0 Å². The van der Waals surface area contributed by atoms with Gasteiger partial charge in [-0.05, 0) is 43.4 Å². The fourth-order valence-corrected chi connectivity index (χ4v) is 3.96. The van der Waals surface area contributed by atoms with Crippen molar-refractivity contribution in [2.75, 3.05) is 0 Å². The van der Waals surface area contributed by atoms with Gasteiger partial charge < -0.3 is 0 Å². The van der Waals surface area contributed by atoms with E-state index in [4.69, 9.17) is 23.2 Å². The van der Waals surface area contributed by atoms with Gasteiger partial charge in [0.2, 0.25) is 5.92 Å². The first-order valence-electron chi connectivity index (χ1n) is 7.17. The molecule has 0 saturated heterocycles. The Morgan fingerprint density at radius 2 is 1.91 bits per heavy atom. The van der Waals surface area contributed by atoms with Gasteiger partial charge in [0.1, 0.15) is 5.15 Å². The average molecular weight is 409 g/mol. The zero-order valence-corrected chi connectivity index (χ0v) is 14.8. The number of nitrogens with zero attached hydrogens (tertiary/aromatic N) is 1. The van der Waals surface area contributed by atoms with Gasteiger partial charge in [0.15, 0.2) is 0 Å². The van der Waals surface area contributed by atoms with Gasteiger partial charge in [-0.25, -0.2) is 13.8 Å². The van der Waals surface area contributed by atoms with Gasteiger partial charge in [0.05, 0.1) is 10.5 Å². The Kier molecular flexibility index (Phi) is 4.64. The van der Waals surface area contributed by atoms with Crippen LogP contribution in [-0.2, 0) is 6.42 Å². The lowest BCUT2D eigenvalue weighted by atomic mass is 9.83. The molecule has 0 amide bonds. The molecular formula is C16H14BrCl2F2N. The van der Waals surface area contributed by atoms with E-state index >= 15 is 0 Å². The van der Waals surface area contributed by atoms with E-state index in [0.29, 0.717) is 29.4 Å². The summed E-state index contributed by atoms with van der Waals surface area (Å²) in [6.07, 6.45) is 1.48. The summed E-state index contributed by atoms with van der Waals surface area (Å²) < 4.78 is 27.4. The zero-order valence-electron chi connectivity index (χ0n) is 11.7. The average Bonchev–Trinajstić information content (AvgIpc) is 2.46. The van der Waals surface area contributed by atoms with Crippen LogP contribution >= 0.6 is 39.1 Å². The normalized spacial score (nSPS) is 18.8. The molecule has 3 rings (SSSR count). The van der Waals surface area contributed by atoms with Crippen LogP contribution in [0.3, 0.4) is 0 Å². The molecule has 0 unspecified atom stereocenters. The van der Waals surface area contributed by atoms with E-state index in [1.54, 1.807) is 0 Å². The fraction of sp³-hybridized carbons (Fsp3) is 0.438. The molecule has 0 aliphatic heterocycles. The first kappa shape index (κ1) is 16.4. The predicted molar refractivity (Wildman–Crippen MR) is 90.1 cm³/mol. The van der Waals surface area contributed by atoms with Crippen LogP contribution in [0.5, 0.6) is 0 Å². The first-order chi connectivity index (χ1) is 10.4. The molecule has 1 aliphatic rings. The number of hydrogen-bond donors (Lipinski definition) is 0. The van der Waals surface area contributed by atoms with E-state index in [1.165, 1.54) is 0 Å². The molecule has 2 aromatic rings. The Morgan fingerprint density at radius 3 is 2.59 bits per heavy atom. The third kappa shape index (κ3) is 3.39. The first-order valence-corrected chi connectivity index (χ1v) is 8.71. The van der Waals surface area contributed by atoms with Crippen molar-refractivity contribution >= 4 is 50.0 Å². The standard InChI is InChI=1S/C16H14BrCl2F2N/c17-10-1-2-13-11(8-10)14(18)12(15(19)22-13)7-9-3-5-16(20,21)6-4-9/h1-2,8-9H,3-7H2. The summed E-state index contributed by atoms with van der Waals surface area (Å²) in [5, 5.41) is 1.78. The predicted octanol–water partition coefficient (Wildman–Crippen LogP) is 6.67. The number of halogens is 5. The topological polar surface area (TPSA) is 12.9 Å². The molecule has 1 aromatic heterocycles. The van der Waals surface area contributed by atoms with Gasteiger partial charge >= 0.3 is 0 Å². The van der Waals surface area contributed by atoms with Crippen LogP contribution in [0.2, 0.25) is 10.2 Å². The third-order valence-corrected chi connectivity index (χ3v) is 5.49. The van der Waals surface area contributed by atoms with Crippen molar-refractivity contribution < 1.29 is 8.78 Å². The van der Waals surface area contributed by atoms with Gasteiger partial charge in [-0.1, -0.05) is 39.1 Å². The van der Waals surface area contributed by atoms with Crippen LogP contribution in [0.1, 0.15) is 31.2 Å². The molecule has 0 radical (unpaired) electrons. The van der Waals surface area contributed by atoms with Crippen LogP contribution in [0.25, 0.3) is 10.9 Å². The molecule has 22 heavy (non-hydrogen) atoms. The molecule has 1 nitrogen and oxygen atoms in total. The highest BCUT2D eigenvalue weighted by Gasteiger charge is 2.35. The number of pyridine rings is 1. The van der Waals surface area contributed by atoms with Crippen molar-refractivity contribution in [3.8, 4) is 0 Å². The fourth-order valence-electron chi connectivity index (χ4n) is 2.97. The highest BCUT2D eigenvalue weighted by atomic mass is 79.9. The zero-order chi connectivity index (χ0) is 15.9. The molecule has 0 N–H and O–H groups in total. The SMILES string of the molecule is FC1(F)CCC(Cc2c(Cl)nc3ccc(Br)cc3c2Cl)CC1. The lowest BCUT2D eigenvalue weighted by Crippen LogP contribution is -2.25. The van der Waals surface area contributed by atoms with Crippen LogP contribution < -0.4 is 0 Å². The van der Waals surface area contributed by atoms with Crippen LogP contribution in [0, 0.1) is 5.92 Å². The Bertz CT molecular complexity index is 711. The van der Waals surface area contributed by atoms with Crippen LogP contribution in [-0.4, -0.2) is 10.9 Å². The second-order valence-corrected chi connectivity index (χ2v) is 7.51. The van der Waals surface area contributed by atoms with E-state index in [1.807, 2.05) is 18.2 Å². The number of benzene rings is 1. The van der Waals surface area contributed by atoms with Crippen molar-refractivity contribution in [1.82, 2.24) is 4.98 Å². The highest BCUT2D eigenvalue weighted by molar-refractivity contribution is 9.10. The number of fused-ring (bicyclic) bond motifs is 1. The summed E-state index contributed by atoms with van der Waals surface area (Å²) in [5.41, 5.74) is 1.50. The maximum Gasteiger partial charge on any atom is 0.248 e. The second kappa shape index (κ2) is 6.21. The van der Waals surface area contributed by atoms with Crippen LogP contribution in [0.15, 0.2) is 22.7 Å². The van der Waals surface area contributed by atoms with E-state index in [9.17, 15) is 8.78 Å². The van der Waals surface area contributed by atoms with Crippen molar-refractivity contribution in [1.29, 1.82) is 0 Å². The number of alkyl halides is 2. The van der Waals surface area contributed by atoms with E-state index in [2.05, 4.69) is 20.9 Å². The van der Waals surface area contributed by atoms with Gasteiger partial charge in [0, 0.05) is 28.3 Å². The van der Waals surface area contributed by atoms with Gasteiger partial charge in [-0.3, -0.25) is 0 Å². The van der Waals surface area contributed by atoms with Gasteiger partial charge in [0.25, 0.3) is 0 Å². The molecule has 1 heterocycles. The monoisotopic (exact) mass is 407 g/mol. The van der Waals surface area contributed by atoms with E-state index < -0.39 is 5.92 Å². The summed E-state index contributed by atoms with van der Waals surface area (Å²) in [6.45, 7) is 0. The molecule has 0 atom stereocenters. The minimum absolute atomic E-state index is 0.0561. The van der Waals surface area contributed by atoms with E-state index in [0.717, 1.165) is 20.9 Å². The van der Waals surface area contributed by atoms with Crippen molar-refractivity contribution in [2.24, 2.45) is 5.92 Å². The van der Waals surface area contributed by atoms with Crippen molar-refractivity contribution in [2.45, 2.75) is 38.0 Å². The summed E-state index contributed by atoms with van der Waals surface area (Å²) in [7, 11) is 0. The molecule has 1 fully saturated rings. The lowest BCUT2D eigenvalue weighted by Gasteiger charge is -2.28. The molecule has 1 aromatic carbocycles. The minimum Gasteiger partial charge on any atom is -0.236 e. The molecule has 0 spiro atoms. The molecule has 1 aliphatic carbocycles. The third-order valence-electron chi connectivity index (χ3n) is 4.26. The maximum absolute atomic E-state index is 13.3. The van der Waals surface area contributed by atoms with E-state index in [-0.39, 0.29) is 18.8 Å². The quantitative estimate of drug-likeness (QED) is 0.505. The Hall–Kier alpha value is -0.450. The molecular weight excluding hydrogens is 395 g/mol. The Labute approximate surface area is 146 Å². The molecule has 6 heteroatoms. The summed E-state index contributed by atoms with van der Waals surface area (Å²) in [5.74, 6) is -2.34. The minimum atomic E-state index is -2.52. The largest absolute Gasteiger partial charge is 0.248 e. The lowest BCUT2D eigenvalue weighted by molar-refractivity contribution is -0.0456. The summed E-state index contributed by atoms with van der Waals surface area (Å²) >= 11 is 16.2. The molecule has 118 valence electrons. The highest BCUT2D eigenvalue weighted by Crippen LogP contribution is 2.40. The summed E-state index contributed by atoms with van der Waals surface area (Å²) in [4.78, 5) is 4.38. The Balaban J connectivity index is 1.90. The molecule has 1 saturated carbocycles. The summed E-state index contributed by atoms with van der Waals surface area (Å²) in [6, 6.07) is 5.63.